The highest BCUT2D eigenvalue weighted by Crippen LogP contribution is 2.11. The van der Waals surface area contributed by atoms with Crippen LogP contribution in [0.3, 0.4) is 0 Å². The molecule has 0 amide bonds. The maximum Gasteiger partial charge on any atom is 0.0587 e. The summed E-state index contributed by atoms with van der Waals surface area (Å²) in [5.41, 5.74) is 5.45. The number of hydrogen-bond donors (Lipinski definition) is 2. The van der Waals surface area contributed by atoms with Crippen LogP contribution < -0.4 is 5.73 Å². The van der Waals surface area contributed by atoms with E-state index in [1.165, 1.54) is 0 Å². The molecule has 48 valence electrons. The summed E-state index contributed by atoms with van der Waals surface area (Å²) in [6.07, 6.45) is 0. The maximum absolute atomic E-state index is 8.49. The molecule has 3 nitrogen and oxygen atoms in total. The van der Waals surface area contributed by atoms with Gasteiger partial charge in [0.05, 0.1) is 19.8 Å². The average molecular weight is 117 g/mol. The molecule has 0 aliphatic carbocycles. The Bertz CT molecular complexity index is 70.1. The second-order valence-corrected chi connectivity index (χ2v) is 2.14. The smallest absolute Gasteiger partial charge is 0.0587 e. The minimum atomic E-state index is -0.0660. The highest BCUT2D eigenvalue weighted by molar-refractivity contribution is 4.76. The molecule has 3 N–H and O–H groups in total. The molecule has 0 spiro atoms. The number of aliphatic hydroxyl groups excluding tert-OH is 1. The number of hydrogen-bond acceptors (Lipinski definition) is 3. The fourth-order valence-corrected chi connectivity index (χ4v) is 0.650. The average Bonchev–Trinajstić information content (AvgIpc) is 1.62. The van der Waals surface area contributed by atoms with Gasteiger partial charge in [-0.15, -0.1) is 0 Å². The third kappa shape index (κ3) is 0.992. The molecule has 1 unspecified atom stereocenters. The lowest BCUT2D eigenvalue weighted by molar-refractivity contribution is -0.0508. The summed E-state index contributed by atoms with van der Waals surface area (Å²) in [5, 5.41) is 8.49. The lowest BCUT2D eigenvalue weighted by atomic mass is 10.0. The van der Waals surface area contributed by atoms with Crippen LogP contribution in [0.5, 0.6) is 0 Å². The van der Waals surface area contributed by atoms with E-state index in [1.807, 2.05) is 0 Å². The van der Waals surface area contributed by atoms with Crippen LogP contribution in [0.1, 0.15) is 0 Å². The van der Waals surface area contributed by atoms with Crippen LogP contribution in [0.25, 0.3) is 0 Å². The molecule has 0 aromatic carbocycles. The van der Waals surface area contributed by atoms with E-state index in [4.69, 9.17) is 15.6 Å². The van der Waals surface area contributed by atoms with Gasteiger partial charge in [-0.05, 0) is 0 Å². The minimum Gasteiger partial charge on any atom is -0.395 e. The van der Waals surface area contributed by atoms with Gasteiger partial charge in [0.15, 0.2) is 0 Å². The Morgan fingerprint density at radius 3 is 2.50 bits per heavy atom. The molecule has 1 atom stereocenters. The zero-order valence-electron chi connectivity index (χ0n) is 4.71. The molecule has 0 radical (unpaired) electrons. The van der Waals surface area contributed by atoms with Gasteiger partial charge in [-0.25, -0.2) is 0 Å². The maximum atomic E-state index is 8.49. The summed E-state index contributed by atoms with van der Waals surface area (Å²) in [5.74, 6) is 0.403. The monoisotopic (exact) mass is 117 g/mol. The summed E-state index contributed by atoms with van der Waals surface area (Å²) in [6.45, 7) is 1.53. The topological polar surface area (TPSA) is 55.5 Å². The molecule has 0 bridgehead atoms. The lowest BCUT2D eigenvalue weighted by Gasteiger charge is -2.29. The van der Waals surface area contributed by atoms with Crippen LogP contribution in [0, 0.1) is 5.92 Å². The number of ether oxygens (including phenoxy) is 1. The predicted octanol–water partition coefficient (Wildman–Crippen LogP) is -1.05. The second-order valence-electron chi connectivity index (χ2n) is 2.14. The molecule has 3 heteroatoms. The number of rotatable bonds is 2. The molecule has 0 saturated carbocycles. The highest BCUT2D eigenvalue weighted by atomic mass is 16.5. The molecule has 1 fully saturated rings. The van der Waals surface area contributed by atoms with Crippen LogP contribution >= 0.6 is 0 Å². The quantitative estimate of drug-likeness (QED) is 0.485. The van der Waals surface area contributed by atoms with Crippen molar-refractivity contribution >= 4 is 0 Å². The largest absolute Gasteiger partial charge is 0.395 e. The summed E-state index contributed by atoms with van der Waals surface area (Å²) in [7, 11) is 0. The van der Waals surface area contributed by atoms with Crippen molar-refractivity contribution in [3.05, 3.63) is 0 Å². The van der Waals surface area contributed by atoms with E-state index in [0.717, 1.165) is 13.2 Å². The van der Waals surface area contributed by atoms with E-state index in [0.29, 0.717) is 5.92 Å². The van der Waals surface area contributed by atoms with Gasteiger partial charge >= 0.3 is 0 Å². The van der Waals surface area contributed by atoms with Gasteiger partial charge in [0.2, 0.25) is 0 Å². The first-order valence-corrected chi connectivity index (χ1v) is 2.78. The van der Waals surface area contributed by atoms with E-state index in [1.54, 1.807) is 0 Å². The molecule has 0 aromatic heterocycles. The lowest BCUT2D eigenvalue weighted by Crippen LogP contribution is -2.45. The zero-order chi connectivity index (χ0) is 5.98. The summed E-state index contributed by atoms with van der Waals surface area (Å²) in [6, 6.07) is -0.0660. The predicted molar refractivity (Wildman–Crippen MR) is 29.4 cm³/mol. The van der Waals surface area contributed by atoms with Crippen molar-refractivity contribution in [1.29, 1.82) is 0 Å². The Morgan fingerprint density at radius 2 is 2.38 bits per heavy atom. The van der Waals surface area contributed by atoms with Gasteiger partial charge in [-0.3, -0.25) is 0 Å². The van der Waals surface area contributed by atoms with E-state index in [-0.39, 0.29) is 12.6 Å². The number of nitrogens with two attached hydrogens (primary N) is 1. The van der Waals surface area contributed by atoms with Gasteiger partial charge in [0.25, 0.3) is 0 Å². The minimum absolute atomic E-state index is 0.0660. The molecule has 0 aromatic rings. The van der Waals surface area contributed by atoms with E-state index < -0.39 is 0 Å². The fraction of sp³-hybridized carbons (Fsp3) is 1.00. The van der Waals surface area contributed by atoms with Crippen molar-refractivity contribution in [2.75, 3.05) is 19.8 Å². The highest BCUT2D eigenvalue weighted by Gasteiger charge is 2.24. The zero-order valence-corrected chi connectivity index (χ0v) is 4.71. The second kappa shape index (κ2) is 2.44. The van der Waals surface area contributed by atoms with E-state index in [9.17, 15) is 0 Å². The number of aliphatic hydroxyl groups is 1. The van der Waals surface area contributed by atoms with Gasteiger partial charge in [0, 0.05) is 12.0 Å². The first kappa shape index (κ1) is 6.01. The Hall–Kier alpha value is -0.120. The van der Waals surface area contributed by atoms with Gasteiger partial charge in [-0.1, -0.05) is 0 Å². The molecule has 1 aliphatic heterocycles. The van der Waals surface area contributed by atoms with Crippen LogP contribution in [0.15, 0.2) is 0 Å². The standard InChI is InChI=1S/C5H11NO2/c6-5(1-7)4-2-8-3-4/h4-5,7H,1-3,6H2. The third-order valence-electron chi connectivity index (χ3n) is 1.48. The molecular formula is C5H11NO2. The summed E-state index contributed by atoms with van der Waals surface area (Å²) >= 11 is 0. The third-order valence-corrected chi connectivity index (χ3v) is 1.48. The van der Waals surface area contributed by atoms with Gasteiger partial charge in [-0.2, -0.15) is 0 Å². The normalized spacial score (nSPS) is 24.8. The molecule has 8 heavy (non-hydrogen) atoms. The Labute approximate surface area is 48.4 Å². The molecule has 1 aliphatic rings. The van der Waals surface area contributed by atoms with Crippen molar-refractivity contribution in [2.45, 2.75) is 6.04 Å². The Balaban J connectivity index is 2.13. The molecule has 1 heterocycles. The van der Waals surface area contributed by atoms with E-state index >= 15 is 0 Å². The van der Waals surface area contributed by atoms with Crippen LogP contribution in [-0.2, 0) is 4.74 Å². The van der Waals surface area contributed by atoms with E-state index in [2.05, 4.69) is 0 Å². The van der Waals surface area contributed by atoms with Crippen LogP contribution in [0.4, 0.5) is 0 Å². The first-order chi connectivity index (χ1) is 3.84. The fourth-order valence-electron chi connectivity index (χ4n) is 0.650. The molecule has 1 saturated heterocycles. The van der Waals surface area contributed by atoms with Crippen molar-refractivity contribution in [3.8, 4) is 0 Å². The Kier molecular flexibility index (Phi) is 1.83. The summed E-state index contributed by atoms with van der Waals surface area (Å²) in [4.78, 5) is 0. The van der Waals surface area contributed by atoms with Crippen molar-refractivity contribution in [1.82, 2.24) is 0 Å². The SMILES string of the molecule is NC(CO)C1COC1. The van der Waals surface area contributed by atoms with Crippen molar-refractivity contribution in [2.24, 2.45) is 11.7 Å². The van der Waals surface area contributed by atoms with Crippen LogP contribution in [-0.4, -0.2) is 31.0 Å². The summed E-state index contributed by atoms with van der Waals surface area (Å²) < 4.78 is 4.87. The molecular weight excluding hydrogens is 106 g/mol. The molecule has 1 rings (SSSR count). The van der Waals surface area contributed by atoms with Gasteiger partial charge in [0.1, 0.15) is 0 Å². The van der Waals surface area contributed by atoms with Gasteiger partial charge < -0.3 is 15.6 Å². The first-order valence-electron chi connectivity index (χ1n) is 2.78. The Morgan fingerprint density at radius 1 is 1.75 bits per heavy atom. The van der Waals surface area contributed by atoms with Crippen LogP contribution in [0.2, 0.25) is 0 Å². The van der Waals surface area contributed by atoms with Crippen molar-refractivity contribution < 1.29 is 9.84 Å². The van der Waals surface area contributed by atoms with Crippen molar-refractivity contribution in [3.63, 3.8) is 0 Å².